The first kappa shape index (κ1) is 12.1. The molecule has 4 N–H and O–H groups in total. The van der Waals surface area contributed by atoms with Gasteiger partial charge in [0.1, 0.15) is 24.4 Å². The minimum absolute atomic E-state index is 0.0302. The number of nitrogens with zero attached hydrogens (tertiary/aromatic N) is 1. The number of amides is 1. The summed E-state index contributed by atoms with van der Waals surface area (Å²) in [6.07, 6.45) is -3.04. The van der Waals surface area contributed by atoms with Gasteiger partial charge < -0.3 is 30.2 Å². The molecule has 102 valence electrons. The smallest absolute Gasteiger partial charge is 0.412 e. The highest BCUT2D eigenvalue weighted by atomic mass is 16.6. The molecule has 18 heavy (non-hydrogen) atoms. The minimum atomic E-state index is -1.37. The summed E-state index contributed by atoms with van der Waals surface area (Å²) in [6.45, 7) is 0.561. The number of cyclic esters (lactones) is 1. The number of hydrogen-bond donors (Lipinski definition) is 3. The van der Waals surface area contributed by atoms with E-state index in [9.17, 15) is 15.0 Å². The standard InChI is InChI=1S/C10H16N2O6/c11-3-9-4-18-10(5-17-9,7(14)6(9)13)12-1-2-16-8(12)15/h6-7,13-14H,1-5,11H2/t6?,7?,9?,10-/m1/s1. The summed E-state index contributed by atoms with van der Waals surface area (Å²) < 4.78 is 16.0. The number of nitrogens with two attached hydrogens (primary N) is 1. The van der Waals surface area contributed by atoms with Crippen LogP contribution < -0.4 is 5.73 Å². The van der Waals surface area contributed by atoms with E-state index in [1.54, 1.807) is 0 Å². The first-order valence-electron chi connectivity index (χ1n) is 5.84. The van der Waals surface area contributed by atoms with Crippen LogP contribution in [0.3, 0.4) is 0 Å². The molecule has 4 saturated heterocycles. The fourth-order valence-corrected chi connectivity index (χ4v) is 2.74. The summed E-state index contributed by atoms with van der Waals surface area (Å²) in [5, 5.41) is 20.3. The second kappa shape index (κ2) is 3.78. The summed E-state index contributed by atoms with van der Waals surface area (Å²) in [7, 11) is 0. The fourth-order valence-electron chi connectivity index (χ4n) is 2.74. The number of aliphatic hydroxyl groups is 2. The first-order valence-corrected chi connectivity index (χ1v) is 5.84. The molecule has 4 rings (SSSR count). The molecule has 0 radical (unpaired) electrons. The number of rotatable bonds is 2. The lowest BCUT2D eigenvalue weighted by atomic mass is 9.81. The van der Waals surface area contributed by atoms with Crippen LogP contribution in [0.1, 0.15) is 0 Å². The highest BCUT2D eigenvalue weighted by Gasteiger charge is 2.66. The molecule has 8 heteroatoms. The van der Waals surface area contributed by atoms with Crippen LogP contribution in [-0.2, 0) is 14.2 Å². The van der Waals surface area contributed by atoms with Gasteiger partial charge in [0.15, 0.2) is 5.72 Å². The third-order valence-electron chi connectivity index (χ3n) is 4.00. The van der Waals surface area contributed by atoms with Gasteiger partial charge in [-0.15, -0.1) is 0 Å². The maximum atomic E-state index is 11.6. The molecule has 0 spiro atoms. The van der Waals surface area contributed by atoms with Crippen LogP contribution in [0, 0.1) is 0 Å². The van der Waals surface area contributed by atoms with E-state index in [2.05, 4.69) is 0 Å². The lowest BCUT2D eigenvalue weighted by Gasteiger charge is -2.59. The Bertz CT molecular complexity index is 367. The Hall–Kier alpha value is -0.930. The van der Waals surface area contributed by atoms with Crippen molar-refractivity contribution in [3.05, 3.63) is 0 Å². The van der Waals surface area contributed by atoms with Crippen LogP contribution in [0.4, 0.5) is 4.79 Å². The number of carbonyl (C=O) groups excluding carboxylic acids is 1. The highest BCUT2D eigenvalue weighted by Crippen LogP contribution is 2.42. The van der Waals surface area contributed by atoms with E-state index in [-0.39, 0.29) is 26.4 Å². The van der Waals surface area contributed by atoms with Gasteiger partial charge in [0, 0.05) is 6.54 Å². The van der Waals surface area contributed by atoms with E-state index < -0.39 is 29.6 Å². The number of fused-ring (bicyclic) bond motifs is 3. The van der Waals surface area contributed by atoms with Crippen molar-refractivity contribution >= 4 is 6.09 Å². The molecule has 8 nitrogen and oxygen atoms in total. The maximum absolute atomic E-state index is 11.6. The lowest BCUT2D eigenvalue weighted by molar-refractivity contribution is -0.379. The van der Waals surface area contributed by atoms with E-state index in [0.29, 0.717) is 6.54 Å². The van der Waals surface area contributed by atoms with Crippen LogP contribution in [0.5, 0.6) is 0 Å². The Morgan fingerprint density at radius 1 is 1.33 bits per heavy atom. The van der Waals surface area contributed by atoms with Gasteiger partial charge in [-0.05, 0) is 0 Å². The number of carbonyl (C=O) groups is 1. The van der Waals surface area contributed by atoms with E-state index in [1.165, 1.54) is 4.90 Å². The molecule has 0 aliphatic carbocycles. The molecular weight excluding hydrogens is 244 g/mol. The summed E-state index contributed by atoms with van der Waals surface area (Å²) >= 11 is 0. The quantitative estimate of drug-likeness (QED) is 0.507. The Balaban J connectivity index is 1.93. The van der Waals surface area contributed by atoms with Gasteiger partial charge in [0.2, 0.25) is 0 Å². The molecule has 4 aliphatic heterocycles. The molecule has 4 fully saturated rings. The Morgan fingerprint density at radius 3 is 2.61 bits per heavy atom. The van der Waals surface area contributed by atoms with Crippen molar-refractivity contribution in [1.29, 1.82) is 0 Å². The monoisotopic (exact) mass is 260 g/mol. The van der Waals surface area contributed by atoms with Gasteiger partial charge in [-0.3, -0.25) is 4.90 Å². The molecule has 4 atom stereocenters. The van der Waals surface area contributed by atoms with Gasteiger partial charge in [0.05, 0.1) is 19.8 Å². The fraction of sp³-hybridized carbons (Fsp3) is 0.900. The molecular formula is C10H16N2O6. The van der Waals surface area contributed by atoms with Crippen molar-refractivity contribution in [3.63, 3.8) is 0 Å². The van der Waals surface area contributed by atoms with Crippen molar-refractivity contribution in [2.24, 2.45) is 5.73 Å². The van der Waals surface area contributed by atoms with Gasteiger partial charge in [-0.2, -0.15) is 0 Å². The van der Waals surface area contributed by atoms with Crippen molar-refractivity contribution in [3.8, 4) is 0 Å². The van der Waals surface area contributed by atoms with E-state index >= 15 is 0 Å². The van der Waals surface area contributed by atoms with E-state index in [1.807, 2.05) is 0 Å². The van der Waals surface area contributed by atoms with E-state index in [4.69, 9.17) is 19.9 Å². The normalized spacial score (nSPS) is 47.5. The zero-order valence-corrected chi connectivity index (χ0v) is 9.74. The average molecular weight is 260 g/mol. The average Bonchev–Trinajstić information content (AvgIpc) is 2.83. The van der Waals surface area contributed by atoms with Crippen molar-refractivity contribution < 1.29 is 29.2 Å². The molecule has 4 heterocycles. The predicted octanol–water partition coefficient (Wildman–Crippen LogP) is -2.39. The molecule has 3 unspecified atom stereocenters. The second-order valence-electron chi connectivity index (χ2n) is 4.85. The number of ether oxygens (including phenoxy) is 3. The first-order chi connectivity index (χ1) is 8.56. The third-order valence-corrected chi connectivity index (χ3v) is 4.00. The van der Waals surface area contributed by atoms with Crippen LogP contribution >= 0.6 is 0 Å². The molecule has 2 bridgehead atoms. The molecule has 0 aromatic heterocycles. The van der Waals surface area contributed by atoms with Crippen LogP contribution in [0.25, 0.3) is 0 Å². The SMILES string of the molecule is NCC12CO[C@](N3CCOC3=O)(CO1)C(O)C2O. The zero-order valence-electron chi connectivity index (χ0n) is 9.74. The molecule has 4 aliphatic rings. The third kappa shape index (κ3) is 1.29. The zero-order chi connectivity index (χ0) is 13.0. The predicted molar refractivity (Wildman–Crippen MR) is 56.5 cm³/mol. The lowest BCUT2D eigenvalue weighted by Crippen LogP contribution is -2.80. The Labute approximate surface area is 103 Å². The van der Waals surface area contributed by atoms with Gasteiger partial charge in [0.25, 0.3) is 0 Å². The van der Waals surface area contributed by atoms with Crippen molar-refractivity contribution in [2.75, 3.05) is 32.9 Å². The second-order valence-corrected chi connectivity index (χ2v) is 4.85. The van der Waals surface area contributed by atoms with E-state index in [0.717, 1.165) is 0 Å². The summed E-state index contributed by atoms with van der Waals surface area (Å²) in [5.74, 6) is 0. The largest absolute Gasteiger partial charge is 0.447 e. The van der Waals surface area contributed by atoms with Crippen LogP contribution in [-0.4, -0.2) is 77.7 Å². The van der Waals surface area contributed by atoms with Gasteiger partial charge in [-0.1, -0.05) is 0 Å². The van der Waals surface area contributed by atoms with Crippen LogP contribution in [0.2, 0.25) is 0 Å². The Kier molecular flexibility index (Phi) is 2.55. The molecule has 0 aromatic carbocycles. The Morgan fingerprint density at radius 2 is 2.11 bits per heavy atom. The summed E-state index contributed by atoms with van der Waals surface area (Å²) in [4.78, 5) is 12.9. The number of aliphatic hydroxyl groups excluding tert-OH is 2. The molecule has 0 saturated carbocycles. The van der Waals surface area contributed by atoms with Crippen LogP contribution in [0.15, 0.2) is 0 Å². The highest BCUT2D eigenvalue weighted by molar-refractivity contribution is 5.70. The van der Waals surface area contributed by atoms with Gasteiger partial charge in [-0.25, -0.2) is 4.79 Å². The summed E-state index contributed by atoms with van der Waals surface area (Å²) in [5.41, 5.74) is 3.10. The minimum Gasteiger partial charge on any atom is -0.447 e. The number of hydrogen-bond acceptors (Lipinski definition) is 7. The summed E-state index contributed by atoms with van der Waals surface area (Å²) in [6, 6.07) is 0. The van der Waals surface area contributed by atoms with Crippen molar-refractivity contribution in [2.45, 2.75) is 23.5 Å². The van der Waals surface area contributed by atoms with Crippen molar-refractivity contribution in [1.82, 2.24) is 4.90 Å². The maximum Gasteiger partial charge on any atom is 0.412 e. The topological polar surface area (TPSA) is 114 Å². The molecule has 1 amide bonds. The molecule has 0 aromatic rings. The van der Waals surface area contributed by atoms with Gasteiger partial charge >= 0.3 is 6.09 Å².